The number of carbonyl (C=O) groups excluding carboxylic acids is 2. The van der Waals surface area contributed by atoms with Gasteiger partial charge in [0.25, 0.3) is 5.91 Å². The highest BCUT2D eigenvalue weighted by atomic mass is 79.9. The van der Waals surface area contributed by atoms with E-state index < -0.39 is 0 Å². The van der Waals surface area contributed by atoms with Gasteiger partial charge >= 0.3 is 0 Å². The maximum atomic E-state index is 12.1. The summed E-state index contributed by atoms with van der Waals surface area (Å²) in [5.74, 6) is -0.348. The van der Waals surface area contributed by atoms with Crippen LogP contribution in [-0.2, 0) is 4.79 Å². The maximum absolute atomic E-state index is 12.1. The Morgan fingerprint density at radius 3 is 2.54 bits per heavy atom. The molecule has 2 aromatic carbocycles. The fraction of sp³-hybridized carbons (Fsp3) is 0.222. The van der Waals surface area contributed by atoms with Crippen LogP contribution in [0.3, 0.4) is 0 Å². The second kappa shape index (κ2) is 8.49. The summed E-state index contributed by atoms with van der Waals surface area (Å²) in [6.07, 6.45) is 0. The van der Waals surface area contributed by atoms with Crippen molar-refractivity contribution in [3.8, 4) is 0 Å². The topological polar surface area (TPSA) is 70.2 Å². The van der Waals surface area contributed by atoms with Crippen molar-refractivity contribution in [3.05, 3.63) is 58.6 Å². The van der Waals surface area contributed by atoms with Crippen molar-refractivity contribution in [2.75, 3.05) is 17.2 Å². The molecule has 0 saturated heterocycles. The number of para-hydroxylation sites is 1. The Balaban J connectivity index is 1.94. The van der Waals surface area contributed by atoms with Gasteiger partial charge in [-0.3, -0.25) is 9.59 Å². The molecule has 0 saturated carbocycles. The molecule has 0 unspecified atom stereocenters. The molecule has 24 heavy (non-hydrogen) atoms. The summed E-state index contributed by atoms with van der Waals surface area (Å²) >= 11 is 3.42. The second-order valence-electron chi connectivity index (χ2n) is 5.59. The van der Waals surface area contributed by atoms with Crippen molar-refractivity contribution in [1.29, 1.82) is 0 Å². The summed E-state index contributed by atoms with van der Waals surface area (Å²) in [5, 5.41) is 8.66. The van der Waals surface area contributed by atoms with E-state index in [9.17, 15) is 9.59 Å². The molecule has 0 aliphatic rings. The monoisotopic (exact) mass is 389 g/mol. The Morgan fingerprint density at radius 2 is 1.83 bits per heavy atom. The van der Waals surface area contributed by atoms with Gasteiger partial charge in [0.1, 0.15) is 0 Å². The number of anilines is 2. The zero-order valence-electron chi connectivity index (χ0n) is 13.6. The first kappa shape index (κ1) is 18.0. The Kier molecular flexibility index (Phi) is 6.37. The van der Waals surface area contributed by atoms with Crippen LogP contribution >= 0.6 is 15.9 Å². The Hall–Kier alpha value is -2.34. The average molecular weight is 390 g/mol. The lowest BCUT2D eigenvalue weighted by Gasteiger charge is -2.11. The highest BCUT2D eigenvalue weighted by molar-refractivity contribution is 9.10. The Bertz CT molecular complexity index is 732. The molecule has 0 aliphatic carbocycles. The third-order valence-electron chi connectivity index (χ3n) is 3.14. The number of benzene rings is 2. The molecule has 2 rings (SSSR count). The predicted molar refractivity (Wildman–Crippen MR) is 100 cm³/mol. The Morgan fingerprint density at radius 1 is 1.08 bits per heavy atom. The summed E-state index contributed by atoms with van der Waals surface area (Å²) in [6.45, 7) is 3.93. The molecular formula is C18H20BrN3O2. The number of amides is 2. The van der Waals surface area contributed by atoms with Gasteiger partial charge < -0.3 is 16.0 Å². The van der Waals surface area contributed by atoms with Crippen LogP contribution in [0.15, 0.2) is 53.0 Å². The van der Waals surface area contributed by atoms with Crippen LogP contribution in [0.25, 0.3) is 0 Å². The first-order valence-electron chi connectivity index (χ1n) is 7.65. The molecule has 2 aromatic rings. The third-order valence-corrected chi connectivity index (χ3v) is 3.83. The van der Waals surface area contributed by atoms with E-state index in [-0.39, 0.29) is 24.4 Å². The van der Waals surface area contributed by atoms with Crippen LogP contribution in [0.2, 0.25) is 0 Å². The van der Waals surface area contributed by atoms with Gasteiger partial charge in [-0.25, -0.2) is 0 Å². The van der Waals surface area contributed by atoms with Crippen LogP contribution < -0.4 is 16.0 Å². The molecule has 2 amide bonds. The summed E-state index contributed by atoms with van der Waals surface area (Å²) in [5.41, 5.74) is 1.95. The van der Waals surface area contributed by atoms with E-state index in [0.29, 0.717) is 11.3 Å². The van der Waals surface area contributed by atoms with Crippen molar-refractivity contribution in [3.63, 3.8) is 0 Å². The number of nitrogens with one attached hydrogen (secondary N) is 3. The van der Waals surface area contributed by atoms with Crippen molar-refractivity contribution in [2.45, 2.75) is 19.9 Å². The highest BCUT2D eigenvalue weighted by Crippen LogP contribution is 2.20. The van der Waals surface area contributed by atoms with Gasteiger partial charge in [-0.15, -0.1) is 0 Å². The van der Waals surface area contributed by atoms with Gasteiger partial charge in [-0.2, -0.15) is 0 Å². The number of hydrogen-bond acceptors (Lipinski definition) is 3. The van der Waals surface area contributed by atoms with Gasteiger partial charge in [0.2, 0.25) is 5.91 Å². The zero-order valence-corrected chi connectivity index (χ0v) is 15.2. The quantitative estimate of drug-likeness (QED) is 0.706. The molecule has 0 radical (unpaired) electrons. The second-order valence-corrected chi connectivity index (χ2v) is 6.44. The maximum Gasteiger partial charge on any atom is 0.251 e. The van der Waals surface area contributed by atoms with E-state index in [2.05, 4.69) is 31.9 Å². The molecule has 5 nitrogen and oxygen atoms in total. The van der Waals surface area contributed by atoms with E-state index >= 15 is 0 Å². The fourth-order valence-electron chi connectivity index (χ4n) is 2.07. The number of rotatable bonds is 6. The van der Waals surface area contributed by atoms with Crippen LogP contribution in [-0.4, -0.2) is 24.4 Å². The minimum Gasteiger partial charge on any atom is -0.375 e. The molecular weight excluding hydrogens is 370 g/mol. The largest absolute Gasteiger partial charge is 0.375 e. The van der Waals surface area contributed by atoms with Gasteiger partial charge in [-0.05, 0) is 60.1 Å². The number of carbonyl (C=O) groups is 2. The third kappa shape index (κ3) is 5.38. The SMILES string of the molecule is CC(C)NC(=O)c1cccc(NC(=O)CNc2ccccc2Br)c1. The Labute approximate surface area is 150 Å². The molecule has 3 N–H and O–H groups in total. The minimum atomic E-state index is -0.188. The first-order valence-corrected chi connectivity index (χ1v) is 8.44. The van der Waals surface area contributed by atoms with Gasteiger partial charge in [0.05, 0.1) is 6.54 Å². The molecule has 0 spiro atoms. The summed E-state index contributed by atoms with van der Waals surface area (Å²) in [6, 6.07) is 14.5. The van der Waals surface area contributed by atoms with E-state index in [4.69, 9.17) is 0 Å². The van der Waals surface area contributed by atoms with Gasteiger partial charge in [0.15, 0.2) is 0 Å². The van der Waals surface area contributed by atoms with E-state index in [0.717, 1.165) is 10.2 Å². The first-order chi connectivity index (χ1) is 11.5. The molecule has 0 aliphatic heterocycles. The van der Waals surface area contributed by atoms with E-state index in [1.165, 1.54) is 0 Å². The van der Waals surface area contributed by atoms with Gasteiger partial charge in [0, 0.05) is 27.5 Å². The lowest BCUT2D eigenvalue weighted by atomic mass is 10.1. The number of halogens is 1. The number of hydrogen-bond donors (Lipinski definition) is 3. The lowest BCUT2D eigenvalue weighted by molar-refractivity contribution is -0.114. The molecule has 0 atom stereocenters. The van der Waals surface area contributed by atoms with Crippen LogP contribution in [0.4, 0.5) is 11.4 Å². The van der Waals surface area contributed by atoms with Crippen LogP contribution in [0.1, 0.15) is 24.2 Å². The zero-order chi connectivity index (χ0) is 17.5. The standard InChI is InChI=1S/C18H20BrN3O2/c1-12(2)21-18(24)13-6-5-7-14(10-13)22-17(23)11-20-16-9-4-3-8-15(16)19/h3-10,12,20H,11H2,1-2H3,(H,21,24)(H,22,23). The molecule has 0 fully saturated rings. The van der Waals surface area contributed by atoms with E-state index in [1.807, 2.05) is 38.1 Å². The van der Waals surface area contributed by atoms with Crippen LogP contribution in [0, 0.1) is 0 Å². The molecule has 0 bridgehead atoms. The summed E-state index contributed by atoms with van der Waals surface area (Å²) < 4.78 is 0.894. The van der Waals surface area contributed by atoms with Crippen molar-refractivity contribution in [1.82, 2.24) is 5.32 Å². The van der Waals surface area contributed by atoms with Crippen LogP contribution in [0.5, 0.6) is 0 Å². The van der Waals surface area contributed by atoms with Crippen molar-refractivity contribution in [2.24, 2.45) is 0 Å². The smallest absolute Gasteiger partial charge is 0.251 e. The van der Waals surface area contributed by atoms with Crippen molar-refractivity contribution < 1.29 is 9.59 Å². The predicted octanol–water partition coefficient (Wildman–Crippen LogP) is 3.64. The molecule has 0 heterocycles. The minimum absolute atomic E-state index is 0.0595. The molecule has 126 valence electrons. The average Bonchev–Trinajstić information content (AvgIpc) is 2.54. The van der Waals surface area contributed by atoms with Crippen molar-refractivity contribution >= 4 is 39.1 Å². The van der Waals surface area contributed by atoms with E-state index in [1.54, 1.807) is 24.3 Å². The normalized spacial score (nSPS) is 10.3. The molecule has 0 aromatic heterocycles. The molecule has 6 heteroatoms. The highest BCUT2D eigenvalue weighted by Gasteiger charge is 2.09. The summed E-state index contributed by atoms with van der Waals surface area (Å²) in [4.78, 5) is 24.1. The lowest BCUT2D eigenvalue weighted by Crippen LogP contribution is -2.30. The van der Waals surface area contributed by atoms with Gasteiger partial charge in [-0.1, -0.05) is 18.2 Å². The fourth-order valence-corrected chi connectivity index (χ4v) is 2.49. The summed E-state index contributed by atoms with van der Waals surface area (Å²) in [7, 11) is 0.